The van der Waals surface area contributed by atoms with Crippen molar-refractivity contribution in [2.24, 2.45) is 4.99 Å². The number of hydrogen-bond donors (Lipinski definition) is 1. The molecule has 1 N–H and O–H groups in total. The molecule has 2 rings (SSSR count). The van der Waals surface area contributed by atoms with E-state index in [0.29, 0.717) is 0 Å². The van der Waals surface area contributed by atoms with Crippen LogP contribution in [-0.4, -0.2) is 6.34 Å². The van der Waals surface area contributed by atoms with Gasteiger partial charge >= 0.3 is 0 Å². The molecule has 1 aliphatic carbocycles. The molecule has 0 spiro atoms. The van der Waals surface area contributed by atoms with Gasteiger partial charge in [-0.15, -0.1) is 0 Å². The molecule has 1 saturated carbocycles. The lowest BCUT2D eigenvalue weighted by molar-refractivity contribution is 0.587. The first-order valence-electron chi connectivity index (χ1n) is 3.98. The Labute approximate surface area is 61.0 Å². The van der Waals surface area contributed by atoms with Crippen molar-refractivity contribution in [1.82, 2.24) is 5.32 Å². The van der Waals surface area contributed by atoms with Gasteiger partial charge in [0.2, 0.25) is 0 Å². The molecule has 1 aliphatic heterocycles. The average Bonchev–Trinajstić information content (AvgIpc) is 1.86. The Balaban J connectivity index is 2.08. The third kappa shape index (κ3) is 0.939. The molecule has 1 fully saturated rings. The smallest absolute Gasteiger partial charge is 0.131 e. The van der Waals surface area contributed by atoms with E-state index in [0.717, 1.165) is 5.82 Å². The number of nitrogens with zero attached hydrogens (tertiary/aromatic N) is 1. The van der Waals surface area contributed by atoms with Crippen molar-refractivity contribution >= 4 is 6.34 Å². The van der Waals surface area contributed by atoms with E-state index in [-0.39, 0.29) is 0 Å². The molecule has 0 bridgehead atoms. The minimum Gasteiger partial charge on any atom is -0.331 e. The molecule has 0 aromatic heterocycles. The zero-order chi connectivity index (χ0) is 6.81. The zero-order valence-electron chi connectivity index (χ0n) is 6.06. The Morgan fingerprint density at radius 3 is 2.40 bits per heavy atom. The van der Waals surface area contributed by atoms with E-state index in [1.54, 1.807) is 6.34 Å². The first-order chi connectivity index (χ1) is 4.97. The molecule has 0 unspecified atom stereocenters. The summed E-state index contributed by atoms with van der Waals surface area (Å²) in [6.07, 6.45) is 8.41. The van der Waals surface area contributed by atoms with E-state index in [2.05, 4.69) is 10.3 Å². The van der Waals surface area contributed by atoms with Crippen LogP contribution in [0.25, 0.3) is 0 Å². The molecule has 0 radical (unpaired) electrons. The molecular weight excluding hydrogens is 124 g/mol. The van der Waals surface area contributed by atoms with Gasteiger partial charge in [-0.05, 0) is 31.3 Å². The van der Waals surface area contributed by atoms with Crippen molar-refractivity contribution in [3.63, 3.8) is 0 Å². The highest BCUT2D eigenvalue weighted by Gasteiger charge is 2.12. The molecule has 54 valence electrons. The Morgan fingerprint density at radius 1 is 1.20 bits per heavy atom. The third-order valence-electron chi connectivity index (χ3n) is 2.19. The largest absolute Gasteiger partial charge is 0.331 e. The van der Waals surface area contributed by atoms with Gasteiger partial charge in [-0.25, -0.2) is 4.99 Å². The molecule has 2 aliphatic rings. The van der Waals surface area contributed by atoms with E-state index >= 15 is 0 Å². The Morgan fingerprint density at radius 2 is 1.90 bits per heavy atom. The van der Waals surface area contributed by atoms with Gasteiger partial charge in [-0.3, -0.25) is 0 Å². The maximum Gasteiger partial charge on any atom is 0.131 e. The Bertz CT molecular complexity index is 183. The van der Waals surface area contributed by atoms with Crippen molar-refractivity contribution in [2.45, 2.75) is 32.1 Å². The Hall–Kier alpha value is -0.790. The van der Waals surface area contributed by atoms with Crippen LogP contribution < -0.4 is 5.32 Å². The molecule has 0 atom stereocenters. The summed E-state index contributed by atoms with van der Waals surface area (Å²) < 4.78 is 0. The fourth-order valence-electron chi connectivity index (χ4n) is 1.54. The molecule has 1 heterocycles. The molecule has 2 nitrogen and oxygen atoms in total. The fraction of sp³-hybridized carbons (Fsp3) is 0.625. The van der Waals surface area contributed by atoms with Gasteiger partial charge in [0.05, 0.1) is 6.34 Å². The van der Waals surface area contributed by atoms with Crippen LogP contribution in [0.5, 0.6) is 0 Å². The maximum absolute atomic E-state index is 4.14. The van der Waals surface area contributed by atoms with Gasteiger partial charge in [0, 0.05) is 0 Å². The lowest BCUT2D eigenvalue weighted by Gasteiger charge is -2.19. The summed E-state index contributed by atoms with van der Waals surface area (Å²) in [7, 11) is 0. The van der Waals surface area contributed by atoms with Crippen LogP contribution in [0.4, 0.5) is 0 Å². The molecule has 0 amide bonds. The fourth-order valence-corrected chi connectivity index (χ4v) is 1.54. The predicted octanol–water partition coefficient (Wildman–Crippen LogP) is 1.79. The molecule has 0 aromatic rings. The van der Waals surface area contributed by atoms with E-state index in [1.807, 2.05) is 0 Å². The number of hydrogen-bond acceptors (Lipinski definition) is 2. The first kappa shape index (κ1) is 5.96. The maximum atomic E-state index is 4.14. The molecule has 0 saturated heterocycles. The highest BCUT2D eigenvalue weighted by atomic mass is 15.2. The van der Waals surface area contributed by atoms with Crippen LogP contribution in [-0.2, 0) is 0 Å². The van der Waals surface area contributed by atoms with Crippen LogP contribution >= 0.6 is 0 Å². The number of nitrogens with one attached hydrogen (secondary N) is 1. The summed E-state index contributed by atoms with van der Waals surface area (Å²) in [5.74, 6) is 1.15. The van der Waals surface area contributed by atoms with Gasteiger partial charge in [0.1, 0.15) is 5.82 Å². The van der Waals surface area contributed by atoms with Crippen molar-refractivity contribution in [2.75, 3.05) is 0 Å². The number of rotatable bonds is 0. The van der Waals surface area contributed by atoms with Gasteiger partial charge in [-0.2, -0.15) is 0 Å². The second-order valence-corrected chi connectivity index (χ2v) is 2.92. The van der Waals surface area contributed by atoms with Gasteiger partial charge in [0.25, 0.3) is 0 Å². The van der Waals surface area contributed by atoms with Crippen molar-refractivity contribution in [3.8, 4) is 0 Å². The van der Waals surface area contributed by atoms with Crippen LogP contribution in [0.1, 0.15) is 32.1 Å². The monoisotopic (exact) mass is 136 g/mol. The topological polar surface area (TPSA) is 24.4 Å². The lowest BCUT2D eigenvalue weighted by atomic mass is 9.94. The van der Waals surface area contributed by atoms with Gasteiger partial charge < -0.3 is 5.32 Å². The quantitative estimate of drug-likeness (QED) is 0.539. The summed E-state index contributed by atoms with van der Waals surface area (Å²) in [5, 5.41) is 3.10. The first-order valence-corrected chi connectivity index (χ1v) is 3.98. The molecule has 2 heteroatoms. The second-order valence-electron chi connectivity index (χ2n) is 2.92. The zero-order valence-corrected chi connectivity index (χ0v) is 6.06. The summed E-state index contributed by atoms with van der Waals surface area (Å²) in [4.78, 5) is 4.14. The Kier molecular flexibility index (Phi) is 1.46. The summed E-state index contributed by atoms with van der Waals surface area (Å²) >= 11 is 0. The third-order valence-corrected chi connectivity index (χ3v) is 2.19. The van der Waals surface area contributed by atoms with Gasteiger partial charge in [-0.1, -0.05) is 6.42 Å². The van der Waals surface area contributed by atoms with Gasteiger partial charge in [0.15, 0.2) is 0 Å². The standard InChI is InChI=1S/C8H12N2/c1-2-4-7(5-3-1)8-9-6-10-8/h6H,1-5H2,(H,9,10). The summed E-state index contributed by atoms with van der Waals surface area (Å²) in [6, 6.07) is 0. The molecular formula is C8H12N2. The van der Waals surface area contributed by atoms with Crippen molar-refractivity contribution in [1.29, 1.82) is 0 Å². The van der Waals surface area contributed by atoms with Crippen molar-refractivity contribution in [3.05, 3.63) is 11.4 Å². The van der Waals surface area contributed by atoms with E-state index in [9.17, 15) is 0 Å². The highest BCUT2D eigenvalue weighted by molar-refractivity contribution is 5.66. The van der Waals surface area contributed by atoms with Crippen LogP contribution in [0, 0.1) is 0 Å². The SMILES string of the molecule is C1=NC(=C2CCCCC2)N1. The van der Waals surface area contributed by atoms with Crippen LogP contribution in [0.3, 0.4) is 0 Å². The predicted molar refractivity (Wildman–Crippen MR) is 41.7 cm³/mol. The summed E-state index contributed by atoms with van der Waals surface area (Å²) in [6.45, 7) is 0. The van der Waals surface area contributed by atoms with E-state index < -0.39 is 0 Å². The number of aliphatic imine (C=N–C) groups is 1. The minimum absolute atomic E-state index is 1.15. The normalized spacial score (nSPS) is 24.0. The van der Waals surface area contributed by atoms with Crippen molar-refractivity contribution < 1.29 is 0 Å². The van der Waals surface area contributed by atoms with Crippen LogP contribution in [0.15, 0.2) is 16.4 Å². The average molecular weight is 136 g/mol. The number of allylic oxidation sites excluding steroid dienone is 1. The minimum atomic E-state index is 1.15. The second kappa shape index (κ2) is 2.45. The molecule has 10 heavy (non-hydrogen) atoms. The van der Waals surface area contributed by atoms with E-state index in [4.69, 9.17) is 0 Å². The summed E-state index contributed by atoms with van der Waals surface area (Å²) in [5.41, 5.74) is 1.54. The highest BCUT2D eigenvalue weighted by Crippen LogP contribution is 2.26. The molecule has 0 aromatic carbocycles. The van der Waals surface area contributed by atoms with Crippen LogP contribution in [0.2, 0.25) is 0 Å². The van der Waals surface area contributed by atoms with E-state index in [1.165, 1.54) is 37.7 Å². The lowest BCUT2D eigenvalue weighted by Crippen LogP contribution is -2.21.